The van der Waals surface area contributed by atoms with Crippen molar-refractivity contribution in [1.82, 2.24) is 4.98 Å². The second-order valence-electron chi connectivity index (χ2n) is 2.60. The number of esters is 1. The summed E-state index contributed by atoms with van der Waals surface area (Å²) in [5.74, 6) is -0.117. The highest BCUT2D eigenvalue weighted by Crippen LogP contribution is 2.19. The molecular formula is C8H9BrN2O3S. The third-order valence-corrected chi connectivity index (χ3v) is 2.64. The Morgan fingerprint density at radius 2 is 2.33 bits per heavy atom. The van der Waals surface area contributed by atoms with Gasteiger partial charge in [-0.25, -0.2) is 14.0 Å². The number of aromatic nitrogens is 1. The van der Waals surface area contributed by atoms with E-state index in [-0.39, 0.29) is 0 Å². The number of hydrogen-bond donors (Lipinski definition) is 1. The topological polar surface area (TPSA) is 68.3 Å². The maximum absolute atomic E-state index is 11.3. The molecular weight excluding hydrogens is 284 g/mol. The van der Waals surface area contributed by atoms with E-state index in [4.69, 9.17) is 0 Å². The summed E-state index contributed by atoms with van der Waals surface area (Å²) < 4.78 is 18.6. The molecule has 5 nitrogen and oxygen atoms in total. The molecule has 0 bridgehead atoms. The Morgan fingerprint density at radius 1 is 1.67 bits per heavy atom. The minimum Gasteiger partial charge on any atom is -0.465 e. The van der Waals surface area contributed by atoms with E-state index in [1.165, 1.54) is 25.6 Å². The lowest BCUT2D eigenvalue weighted by Gasteiger charge is -2.05. The van der Waals surface area contributed by atoms with Gasteiger partial charge in [-0.2, -0.15) is 0 Å². The van der Waals surface area contributed by atoms with Crippen LogP contribution in [0.1, 0.15) is 10.4 Å². The van der Waals surface area contributed by atoms with Crippen LogP contribution in [0.4, 0.5) is 5.82 Å². The number of methoxy groups -OCH3 is 1. The van der Waals surface area contributed by atoms with Crippen molar-refractivity contribution in [1.29, 1.82) is 0 Å². The molecule has 0 radical (unpaired) electrons. The van der Waals surface area contributed by atoms with Gasteiger partial charge in [0.25, 0.3) is 0 Å². The minimum absolute atomic E-state index is 0.334. The molecule has 0 amide bonds. The van der Waals surface area contributed by atoms with Gasteiger partial charge in [-0.1, -0.05) is 0 Å². The molecule has 1 atom stereocenters. The third-order valence-electron chi connectivity index (χ3n) is 1.51. The van der Waals surface area contributed by atoms with E-state index in [1.54, 1.807) is 0 Å². The molecule has 0 aliphatic rings. The summed E-state index contributed by atoms with van der Waals surface area (Å²) in [5, 5.41) is 0. The van der Waals surface area contributed by atoms with Gasteiger partial charge in [-0.15, -0.1) is 0 Å². The quantitative estimate of drug-likeness (QED) is 0.854. The number of carbonyl (C=O) groups excluding carboxylic acids is 1. The molecule has 0 aliphatic heterocycles. The Kier molecular flexibility index (Phi) is 4.22. The molecule has 1 aromatic rings. The first-order valence-electron chi connectivity index (χ1n) is 3.88. The van der Waals surface area contributed by atoms with Crippen LogP contribution in [0, 0.1) is 0 Å². The van der Waals surface area contributed by atoms with E-state index in [9.17, 15) is 9.00 Å². The molecule has 15 heavy (non-hydrogen) atoms. The van der Waals surface area contributed by atoms with Crippen LogP contribution in [0.15, 0.2) is 16.7 Å². The van der Waals surface area contributed by atoms with Crippen LogP contribution < -0.4 is 4.72 Å². The van der Waals surface area contributed by atoms with Gasteiger partial charge in [0.15, 0.2) is 0 Å². The lowest BCUT2D eigenvalue weighted by atomic mass is 10.2. The fourth-order valence-corrected chi connectivity index (χ4v) is 1.69. The average molecular weight is 293 g/mol. The van der Waals surface area contributed by atoms with E-state index >= 15 is 0 Å². The predicted octanol–water partition coefficient (Wildman–Crippen LogP) is 1.34. The standard InChI is InChI=1S/C8H9BrN2O3S/c1-14-8(12)5-3-7(11-15(2)13)10-4-6(5)9/h3-4H,1-2H3,(H,10,11). The second-order valence-corrected chi connectivity index (χ2v) is 4.56. The van der Waals surface area contributed by atoms with Crippen LogP contribution >= 0.6 is 15.9 Å². The Bertz CT molecular complexity index is 411. The van der Waals surface area contributed by atoms with Crippen molar-refractivity contribution in [2.24, 2.45) is 0 Å². The van der Waals surface area contributed by atoms with Crippen LogP contribution in [0.5, 0.6) is 0 Å². The molecule has 0 spiro atoms. The zero-order chi connectivity index (χ0) is 11.4. The zero-order valence-corrected chi connectivity index (χ0v) is 10.5. The number of carbonyl (C=O) groups is 1. The number of anilines is 1. The summed E-state index contributed by atoms with van der Waals surface area (Å²) in [7, 11) is 0.0654. The number of hydrogen-bond acceptors (Lipinski definition) is 4. The Morgan fingerprint density at radius 3 is 2.87 bits per heavy atom. The van der Waals surface area contributed by atoms with Crippen molar-refractivity contribution < 1.29 is 13.7 Å². The molecule has 0 aromatic carbocycles. The minimum atomic E-state index is -1.23. The molecule has 82 valence electrons. The van der Waals surface area contributed by atoms with Crippen LogP contribution in [0.3, 0.4) is 0 Å². The smallest absolute Gasteiger partial charge is 0.339 e. The molecule has 0 saturated carbocycles. The number of nitrogens with zero attached hydrogens (tertiary/aromatic N) is 1. The molecule has 1 heterocycles. The van der Waals surface area contributed by atoms with Crippen molar-refractivity contribution in [3.63, 3.8) is 0 Å². The first-order valence-corrected chi connectivity index (χ1v) is 6.23. The van der Waals surface area contributed by atoms with Crippen molar-refractivity contribution >= 4 is 38.7 Å². The van der Waals surface area contributed by atoms with Gasteiger partial charge < -0.3 is 4.74 Å². The fourth-order valence-electron chi connectivity index (χ4n) is 0.908. The van der Waals surface area contributed by atoms with Crippen LogP contribution in [0.25, 0.3) is 0 Å². The van der Waals surface area contributed by atoms with Gasteiger partial charge >= 0.3 is 5.97 Å². The summed E-state index contributed by atoms with van der Waals surface area (Å²) in [6.45, 7) is 0. The monoisotopic (exact) mass is 292 g/mol. The molecule has 0 fully saturated rings. The molecule has 1 rings (SSSR count). The number of rotatable bonds is 3. The van der Waals surface area contributed by atoms with Crippen LogP contribution in [-0.2, 0) is 15.7 Å². The zero-order valence-electron chi connectivity index (χ0n) is 8.11. The summed E-state index contributed by atoms with van der Waals surface area (Å²) in [5.41, 5.74) is 0.334. The number of ether oxygens (including phenoxy) is 1. The van der Waals surface area contributed by atoms with Crippen LogP contribution in [-0.4, -0.2) is 28.5 Å². The third kappa shape index (κ3) is 3.28. The van der Waals surface area contributed by atoms with Crippen molar-refractivity contribution in [2.45, 2.75) is 0 Å². The van der Waals surface area contributed by atoms with Gasteiger partial charge in [-0.05, 0) is 22.0 Å². The lowest BCUT2D eigenvalue weighted by molar-refractivity contribution is 0.0599. The number of nitrogens with one attached hydrogen (secondary N) is 1. The van der Waals surface area contributed by atoms with Crippen LogP contribution in [0.2, 0.25) is 0 Å². The van der Waals surface area contributed by atoms with Crippen molar-refractivity contribution in [3.8, 4) is 0 Å². The maximum atomic E-state index is 11.3. The number of halogens is 1. The predicted molar refractivity (Wildman–Crippen MR) is 61.0 cm³/mol. The largest absolute Gasteiger partial charge is 0.465 e. The van der Waals surface area contributed by atoms with Crippen molar-refractivity contribution in [3.05, 3.63) is 22.3 Å². The first-order chi connectivity index (χ1) is 7.04. The van der Waals surface area contributed by atoms with E-state index in [0.717, 1.165) is 0 Å². The van der Waals surface area contributed by atoms with E-state index in [1.807, 2.05) is 0 Å². The second kappa shape index (κ2) is 5.22. The summed E-state index contributed by atoms with van der Waals surface area (Å²) in [4.78, 5) is 15.2. The Balaban J connectivity index is 3.05. The highest BCUT2D eigenvalue weighted by atomic mass is 79.9. The van der Waals surface area contributed by atoms with Gasteiger partial charge in [0.1, 0.15) is 16.8 Å². The highest BCUT2D eigenvalue weighted by molar-refractivity contribution is 9.10. The van der Waals surface area contributed by atoms with E-state index < -0.39 is 17.0 Å². The normalized spacial score (nSPS) is 11.9. The van der Waals surface area contributed by atoms with E-state index in [0.29, 0.717) is 15.9 Å². The average Bonchev–Trinajstić information content (AvgIpc) is 2.19. The molecule has 1 N–H and O–H groups in total. The maximum Gasteiger partial charge on any atom is 0.339 e. The SMILES string of the molecule is COC(=O)c1cc(NS(C)=O)ncc1Br. The highest BCUT2D eigenvalue weighted by Gasteiger charge is 2.12. The van der Waals surface area contributed by atoms with Gasteiger partial charge in [0.05, 0.1) is 17.1 Å². The van der Waals surface area contributed by atoms with E-state index in [2.05, 4.69) is 30.4 Å². The van der Waals surface area contributed by atoms with Crippen molar-refractivity contribution in [2.75, 3.05) is 18.1 Å². The lowest BCUT2D eigenvalue weighted by Crippen LogP contribution is -2.07. The van der Waals surface area contributed by atoms with Gasteiger partial charge in [0, 0.05) is 12.5 Å². The Labute approximate surface area is 97.9 Å². The molecule has 0 saturated heterocycles. The first kappa shape index (κ1) is 12.1. The molecule has 1 unspecified atom stereocenters. The summed E-state index contributed by atoms with van der Waals surface area (Å²) in [6.07, 6.45) is 2.92. The molecule has 0 aliphatic carbocycles. The summed E-state index contributed by atoms with van der Waals surface area (Å²) in [6, 6.07) is 1.47. The molecule has 7 heteroatoms. The molecule has 1 aromatic heterocycles. The summed E-state index contributed by atoms with van der Waals surface area (Å²) >= 11 is 3.17. The van der Waals surface area contributed by atoms with Gasteiger partial charge in [-0.3, -0.25) is 4.72 Å². The Hall–Kier alpha value is -0.950. The number of pyridine rings is 1. The van der Waals surface area contributed by atoms with Gasteiger partial charge in [0.2, 0.25) is 0 Å². The fraction of sp³-hybridized carbons (Fsp3) is 0.250.